The Labute approximate surface area is 99.3 Å². The summed E-state index contributed by atoms with van der Waals surface area (Å²) in [5, 5.41) is 8.83. The first-order valence-electron chi connectivity index (χ1n) is 5.11. The maximum atomic E-state index is 12.5. The number of aliphatic hydroxyl groups excluding tert-OH is 1. The lowest BCUT2D eigenvalue weighted by molar-refractivity contribution is -0.137. The normalized spacial score (nSPS) is 12.0. The topological polar surface area (TPSA) is 55.1 Å². The minimum Gasteiger partial charge on any atom is -0.395 e. The maximum Gasteiger partial charge on any atom is 0.416 e. The Hall–Kier alpha value is -1.89. The fraction of sp³-hybridized carbons (Fsp3) is 0.273. The molecule has 1 heterocycles. The number of aromatic nitrogens is 2. The second-order valence-electron chi connectivity index (χ2n) is 3.70. The van der Waals surface area contributed by atoms with E-state index in [1.54, 1.807) is 0 Å². The van der Waals surface area contributed by atoms with Crippen molar-refractivity contribution in [1.82, 2.24) is 9.55 Å². The van der Waals surface area contributed by atoms with Gasteiger partial charge in [0.1, 0.15) is 0 Å². The summed E-state index contributed by atoms with van der Waals surface area (Å²) >= 11 is 0. The van der Waals surface area contributed by atoms with Crippen molar-refractivity contribution in [2.24, 2.45) is 0 Å². The second-order valence-corrected chi connectivity index (χ2v) is 3.70. The van der Waals surface area contributed by atoms with Gasteiger partial charge in [0.15, 0.2) is 0 Å². The van der Waals surface area contributed by atoms with E-state index in [4.69, 9.17) is 5.11 Å². The van der Waals surface area contributed by atoms with Crippen LogP contribution in [-0.2, 0) is 12.7 Å². The number of rotatable bonds is 2. The zero-order chi connectivity index (χ0) is 13.3. The largest absolute Gasteiger partial charge is 0.416 e. The smallest absolute Gasteiger partial charge is 0.395 e. The lowest BCUT2D eigenvalue weighted by Crippen LogP contribution is -2.22. The number of hydrogen-bond donors (Lipinski definition) is 1. The van der Waals surface area contributed by atoms with Crippen molar-refractivity contribution < 1.29 is 18.3 Å². The molecule has 0 saturated carbocycles. The molecule has 0 saturated heterocycles. The van der Waals surface area contributed by atoms with Gasteiger partial charge in [0, 0.05) is 0 Å². The third kappa shape index (κ3) is 2.21. The van der Waals surface area contributed by atoms with E-state index in [1.807, 2.05) is 0 Å². The summed E-state index contributed by atoms with van der Waals surface area (Å²) in [5.74, 6) is 0. The van der Waals surface area contributed by atoms with Gasteiger partial charge in [-0.1, -0.05) is 0 Å². The van der Waals surface area contributed by atoms with Crippen LogP contribution in [0.25, 0.3) is 10.9 Å². The second kappa shape index (κ2) is 4.41. The molecular weight excluding hydrogens is 249 g/mol. The van der Waals surface area contributed by atoms with Gasteiger partial charge in [-0.15, -0.1) is 0 Å². The molecule has 2 aromatic rings. The Morgan fingerprint density at radius 1 is 1.33 bits per heavy atom. The minimum absolute atomic E-state index is 0.0102. The molecule has 1 aromatic heterocycles. The molecule has 0 bridgehead atoms. The molecule has 0 atom stereocenters. The van der Waals surface area contributed by atoms with Crippen LogP contribution in [-0.4, -0.2) is 21.3 Å². The molecule has 0 fully saturated rings. The van der Waals surface area contributed by atoms with E-state index >= 15 is 0 Å². The summed E-state index contributed by atoms with van der Waals surface area (Å²) in [4.78, 5) is 15.6. The van der Waals surface area contributed by atoms with Gasteiger partial charge in [-0.2, -0.15) is 13.2 Å². The molecule has 2 rings (SSSR count). The van der Waals surface area contributed by atoms with Crippen molar-refractivity contribution in [2.75, 3.05) is 6.61 Å². The SMILES string of the molecule is O=c1c2ccc(C(F)(F)F)cc2ncn1CCO. The third-order valence-corrected chi connectivity index (χ3v) is 2.49. The Morgan fingerprint density at radius 3 is 2.67 bits per heavy atom. The van der Waals surface area contributed by atoms with Crippen LogP contribution >= 0.6 is 0 Å². The molecule has 1 aromatic carbocycles. The number of aliphatic hydroxyl groups is 1. The highest BCUT2D eigenvalue weighted by atomic mass is 19.4. The number of alkyl halides is 3. The molecule has 0 unspecified atom stereocenters. The number of hydrogen-bond acceptors (Lipinski definition) is 3. The molecule has 0 amide bonds. The van der Waals surface area contributed by atoms with Gasteiger partial charge in [-0.05, 0) is 18.2 Å². The van der Waals surface area contributed by atoms with E-state index in [0.29, 0.717) is 0 Å². The van der Waals surface area contributed by atoms with Gasteiger partial charge < -0.3 is 5.11 Å². The fourth-order valence-corrected chi connectivity index (χ4v) is 1.60. The first-order chi connectivity index (χ1) is 8.43. The third-order valence-electron chi connectivity index (χ3n) is 2.49. The average molecular weight is 258 g/mol. The predicted octanol–water partition coefficient (Wildman–Crippen LogP) is 1.41. The van der Waals surface area contributed by atoms with Gasteiger partial charge >= 0.3 is 6.18 Å². The van der Waals surface area contributed by atoms with Crippen molar-refractivity contribution in [3.63, 3.8) is 0 Å². The molecule has 0 spiro atoms. The highest BCUT2D eigenvalue weighted by Crippen LogP contribution is 2.30. The van der Waals surface area contributed by atoms with Gasteiger partial charge in [0.2, 0.25) is 0 Å². The summed E-state index contributed by atoms with van der Waals surface area (Å²) in [6.45, 7) is -0.184. The van der Waals surface area contributed by atoms with Gasteiger partial charge in [-0.3, -0.25) is 9.36 Å². The zero-order valence-corrected chi connectivity index (χ0v) is 9.11. The van der Waals surface area contributed by atoms with Crippen LogP contribution in [0.5, 0.6) is 0 Å². The van der Waals surface area contributed by atoms with E-state index in [2.05, 4.69) is 4.98 Å². The van der Waals surface area contributed by atoms with E-state index in [9.17, 15) is 18.0 Å². The molecule has 0 aliphatic heterocycles. The van der Waals surface area contributed by atoms with E-state index in [1.165, 1.54) is 0 Å². The van der Waals surface area contributed by atoms with Crippen molar-refractivity contribution in [3.8, 4) is 0 Å². The fourth-order valence-electron chi connectivity index (χ4n) is 1.60. The van der Waals surface area contributed by atoms with Crippen LogP contribution in [0.3, 0.4) is 0 Å². The molecular formula is C11H9F3N2O2. The summed E-state index contributed by atoms with van der Waals surface area (Å²) in [5.41, 5.74) is -1.33. The number of halogens is 3. The average Bonchev–Trinajstić information content (AvgIpc) is 2.31. The summed E-state index contributed by atoms with van der Waals surface area (Å²) in [7, 11) is 0. The highest BCUT2D eigenvalue weighted by Gasteiger charge is 2.30. The highest BCUT2D eigenvalue weighted by molar-refractivity contribution is 5.78. The van der Waals surface area contributed by atoms with Crippen LogP contribution < -0.4 is 5.56 Å². The van der Waals surface area contributed by atoms with Crippen molar-refractivity contribution in [1.29, 1.82) is 0 Å². The van der Waals surface area contributed by atoms with Crippen LogP contribution in [0.4, 0.5) is 13.2 Å². The first-order valence-corrected chi connectivity index (χ1v) is 5.11. The lowest BCUT2D eigenvalue weighted by Gasteiger charge is -2.08. The first kappa shape index (κ1) is 12.6. The number of nitrogens with zero attached hydrogens (tertiary/aromatic N) is 2. The van der Waals surface area contributed by atoms with Gasteiger partial charge in [-0.25, -0.2) is 4.98 Å². The maximum absolute atomic E-state index is 12.5. The zero-order valence-electron chi connectivity index (χ0n) is 9.11. The van der Waals surface area contributed by atoms with Crippen molar-refractivity contribution in [3.05, 3.63) is 40.4 Å². The molecule has 0 aliphatic rings. The van der Waals surface area contributed by atoms with Crippen LogP contribution in [0.15, 0.2) is 29.3 Å². The Bertz CT molecular complexity index is 634. The lowest BCUT2D eigenvalue weighted by atomic mass is 10.1. The van der Waals surface area contributed by atoms with Crippen molar-refractivity contribution in [2.45, 2.75) is 12.7 Å². The van der Waals surface area contributed by atoms with Gasteiger partial charge in [0.25, 0.3) is 5.56 Å². The van der Waals surface area contributed by atoms with E-state index in [-0.39, 0.29) is 24.1 Å². The van der Waals surface area contributed by atoms with Gasteiger partial charge in [0.05, 0.1) is 35.9 Å². The predicted molar refractivity (Wildman–Crippen MR) is 58.1 cm³/mol. The van der Waals surface area contributed by atoms with Crippen LogP contribution in [0.2, 0.25) is 0 Å². The van der Waals surface area contributed by atoms with E-state index in [0.717, 1.165) is 29.1 Å². The monoisotopic (exact) mass is 258 g/mol. The minimum atomic E-state index is -4.46. The summed E-state index contributed by atoms with van der Waals surface area (Å²) in [6.07, 6.45) is -3.34. The Morgan fingerprint density at radius 2 is 2.06 bits per heavy atom. The Balaban J connectivity index is 2.62. The quantitative estimate of drug-likeness (QED) is 0.886. The van der Waals surface area contributed by atoms with Crippen LogP contribution in [0.1, 0.15) is 5.56 Å². The number of fused-ring (bicyclic) bond motifs is 1. The standard InChI is InChI=1S/C11H9F3N2O2/c12-11(13,14)7-1-2-8-9(5-7)15-6-16(3-4-17)10(8)18/h1-2,5-6,17H,3-4H2. The van der Waals surface area contributed by atoms with E-state index < -0.39 is 17.3 Å². The molecule has 7 heteroatoms. The molecule has 0 aliphatic carbocycles. The Kier molecular flexibility index (Phi) is 3.08. The molecule has 18 heavy (non-hydrogen) atoms. The van der Waals surface area contributed by atoms with Crippen LogP contribution in [0, 0.1) is 0 Å². The molecule has 4 nitrogen and oxygen atoms in total. The summed E-state index contributed by atoms with van der Waals surface area (Å²) in [6, 6.07) is 2.77. The molecule has 96 valence electrons. The molecule has 1 N–H and O–H groups in total. The van der Waals surface area contributed by atoms with Crippen molar-refractivity contribution >= 4 is 10.9 Å². The summed E-state index contributed by atoms with van der Waals surface area (Å²) < 4.78 is 38.6. The number of benzene rings is 1. The molecule has 0 radical (unpaired) electrons.